The van der Waals surface area contributed by atoms with Crippen molar-refractivity contribution in [3.8, 4) is 0 Å². The average molecular weight is 170 g/mol. The first kappa shape index (κ1) is 10.1. The molecule has 12 heavy (non-hydrogen) atoms. The summed E-state index contributed by atoms with van der Waals surface area (Å²) in [6.07, 6.45) is 3.05. The van der Waals surface area contributed by atoms with Crippen molar-refractivity contribution >= 4 is 7.85 Å². The molecule has 1 saturated carbocycles. The molecule has 0 aliphatic heterocycles. The summed E-state index contributed by atoms with van der Waals surface area (Å²) in [7, 11) is 1.79. The molecule has 0 radical (unpaired) electrons. The molecule has 1 aliphatic carbocycles. The zero-order valence-electron chi connectivity index (χ0n) is 8.73. The fourth-order valence-electron chi connectivity index (χ4n) is 2.73. The predicted octanol–water partition coefficient (Wildman–Crippen LogP) is 2.38. The van der Waals surface area contributed by atoms with E-state index in [9.17, 15) is 4.39 Å². The lowest BCUT2D eigenvalue weighted by Crippen LogP contribution is -2.42. The van der Waals surface area contributed by atoms with Gasteiger partial charge < -0.3 is 0 Å². The van der Waals surface area contributed by atoms with Crippen molar-refractivity contribution in [3.63, 3.8) is 0 Å². The summed E-state index contributed by atoms with van der Waals surface area (Å²) in [6, 6.07) is 0. The smallest absolute Gasteiger partial charge is 0.150 e. The van der Waals surface area contributed by atoms with E-state index in [0.717, 1.165) is 12.8 Å². The van der Waals surface area contributed by atoms with Gasteiger partial charge >= 0.3 is 0 Å². The van der Waals surface area contributed by atoms with Gasteiger partial charge in [0, 0.05) is 0 Å². The van der Waals surface area contributed by atoms with E-state index in [1.807, 2.05) is 0 Å². The molecule has 1 rings (SSSR count). The molecule has 70 valence electrons. The van der Waals surface area contributed by atoms with Crippen molar-refractivity contribution < 1.29 is 4.39 Å². The van der Waals surface area contributed by atoms with E-state index in [1.165, 1.54) is 6.42 Å². The average Bonchev–Trinajstić information content (AvgIpc) is 1.82. The number of hydrogen-bond acceptors (Lipinski definition) is 0. The first-order valence-electron chi connectivity index (χ1n) is 5.12. The highest BCUT2D eigenvalue weighted by molar-refractivity contribution is 6.14. The van der Waals surface area contributed by atoms with E-state index in [4.69, 9.17) is 0 Å². The van der Waals surface area contributed by atoms with Crippen LogP contribution in [0.15, 0.2) is 0 Å². The van der Waals surface area contributed by atoms with Crippen molar-refractivity contribution in [2.75, 3.05) is 0 Å². The third-order valence-electron chi connectivity index (χ3n) is 3.30. The molecule has 0 heterocycles. The van der Waals surface area contributed by atoms with Gasteiger partial charge in [-0.25, -0.2) is 0 Å². The van der Waals surface area contributed by atoms with Crippen LogP contribution in [0.1, 0.15) is 40.0 Å². The monoisotopic (exact) mass is 170 g/mol. The predicted molar refractivity (Wildman–Crippen MR) is 53.7 cm³/mol. The Hall–Kier alpha value is -0.00506. The number of alkyl halides is 1. The Morgan fingerprint density at radius 3 is 2.42 bits per heavy atom. The summed E-state index contributed by atoms with van der Waals surface area (Å²) in [5.74, 6) is 1.36. The lowest BCUT2D eigenvalue weighted by atomic mass is 9.59. The summed E-state index contributed by atoms with van der Waals surface area (Å²) in [6.45, 7) is 6.44. The highest BCUT2D eigenvalue weighted by Crippen LogP contribution is 2.41. The van der Waals surface area contributed by atoms with Crippen molar-refractivity contribution in [1.29, 1.82) is 0 Å². The van der Waals surface area contributed by atoms with Gasteiger partial charge in [-0.2, -0.15) is 0 Å². The number of hydrogen-bond donors (Lipinski definition) is 0. The SMILES string of the molecule is BC1(F)CC(C)CCC1C(C)C. The highest BCUT2D eigenvalue weighted by atomic mass is 19.1. The molecular weight excluding hydrogens is 150 g/mol. The second-order valence-electron chi connectivity index (χ2n) is 5.02. The summed E-state index contributed by atoms with van der Waals surface area (Å²) in [5.41, 5.74) is -0.911. The molecular formula is C10H20BF. The molecule has 0 aromatic heterocycles. The van der Waals surface area contributed by atoms with E-state index in [-0.39, 0.29) is 5.92 Å². The van der Waals surface area contributed by atoms with Gasteiger partial charge in [0.25, 0.3) is 0 Å². The molecule has 3 atom stereocenters. The van der Waals surface area contributed by atoms with Crippen molar-refractivity contribution in [3.05, 3.63) is 0 Å². The molecule has 2 heteroatoms. The Morgan fingerprint density at radius 1 is 1.42 bits per heavy atom. The number of halogens is 1. The summed E-state index contributed by atoms with van der Waals surface area (Å²) in [5, 5.41) is 0. The minimum Gasteiger partial charge on any atom is -0.254 e. The maximum atomic E-state index is 14.0. The van der Waals surface area contributed by atoms with Gasteiger partial charge in [-0.05, 0) is 30.6 Å². The topological polar surface area (TPSA) is 0 Å². The van der Waals surface area contributed by atoms with Gasteiger partial charge in [-0.1, -0.05) is 27.2 Å². The van der Waals surface area contributed by atoms with Crippen LogP contribution in [-0.4, -0.2) is 13.4 Å². The third kappa shape index (κ3) is 2.02. The Kier molecular flexibility index (Phi) is 2.85. The van der Waals surface area contributed by atoms with Gasteiger partial charge in [-0.3, -0.25) is 4.39 Å². The summed E-state index contributed by atoms with van der Waals surface area (Å²) in [4.78, 5) is 0. The molecule has 1 fully saturated rings. The van der Waals surface area contributed by atoms with Gasteiger partial charge in [0.2, 0.25) is 0 Å². The van der Waals surface area contributed by atoms with E-state index in [1.54, 1.807) is 7.85 Å². The zero-order valence-corrected chi connectivity index (χ0v) is 8.73. The summed E-state index contributed by atoms with van der Waals surface area (Å²) < 4.78 is 14.0. The third-order valence-corrected chi connectivity index (χ3v) is 3.30. The van der Waals surface area contributed by atoms with Crippen LogP contribution in [0.5, 0.6) is 0 Å². The van der Waals surface area contributed by atoms with E-state index < -0.39 is 5.57 Å². The van der Waals surface area contributed by atoms with Crippen LogP contribution in [0.25, 0.3) is 0 Å². The van der Waals surface area contributed by atoms with Crippen LogP contribution >= 0.6 is 0 Å². The summed E-state index contributed by atoms with van der Waals surface area (Å²) >= 11 is 0. The second kappa shape index (κ2) is 3.39. The lowest BCUT2D eigenvalue weighted by molar-refractivity contribution is 0.0629. The molecule has 0 amide bonds. The maximum Gasteiger partial charge on any atom is 0.150 e. The van der Waals surface area contributed by atoms with Crippen molar-refractivity contribution in [2.24, 2.45) is 17.8 Å². The molecule has 0 aromatic carbocycles. The first-order chi connectivity index (χ1) is 5.43. The van der Waals surface area contributed by atoms with Crippen LogP contribution in [-0.2, 0) is 0 Å². The highest BCUT2D eigenvalue weighted by Gasteiger charge is 2.40. The molecule has 0 aromatic rings. The largest absolute Gasteiger partial charge is 0.254 e. The standard InChI is InChI=1S/C10H20BF/c1-7(2)9-5-4-8(3)6-10(9,11)12/h7-9H,4-6,11H2,1-3H3. The van der Waals surface area contributed by atoms with Crippen LogP contribution in [0.4, 0.5) is 4.39 Å². The minimum absolute atomic E-state index is 0.286. The van der Waals surface area contributed by atoms with Crippen molar-refractivity contribution in [1.82, 2.24) is 0 Å². The first-order valence-corrected chi connectivity index (χ1v) is 5.12. The van der Waals surface area contributed by atoms with Gasteiger partial charge in [0.05, 0.1) is 5.57 Å². The minimum atomic E-state index is -0.911. The molecule has 0 saturated heterocycles. The Bertz CT molecular complexity index is 154. The maximum absolute atomic E-state index is 14.0. The van der Waals surface area contributed by atoms with Crippen molar-refractivity contribution in [2.45, 2.75) is 45.6 Å². The van der Waals surface area contributed by atoms with Crippen LogP contribution < -0.4 is 0 Å². The quantitative estimate of drug-likeness (QED) is 0.530. The van der Waals surface area contributed by atoms with Gasteiger partial charge in [0.15, 0.2) is 7.85 Å². The molecule has 0 spiro atoms. The fraction of sp³-hybridized carbons (Fsp3) is 1.00. The second-order valence-corrected chi connectivity index (χ2v) is 5.02. The van der Waals surface area contributed by atoms with E-state index >= 15 is 0 Å². The Morgan fingerprint density at radius 2 is 2.00 bits per heavy atom. The van der Waals surface area contributed by atoms with Gasteiger partial charge in [-0.15, -0.1) is 0 Å². The van der Waals surface area contributed by atoms with Crippen LogP contribution in [0.2, 0.25) is 0 Å². The van der Waals surface area contributed by atoms with E-state index in [2.05, 4.69) is 20.8 Å². The Labute approximate surface area is 76.3 Å². The molecule has 0 nitrogen and oxygen atoms in total. The molecule has 0 bridgehead atoms. The van der Waals surface area contributed by atoms with Gasteiger partial charge in [0.1, 0.15) is 0 Å². The molecule has 3 unspecified atom stereocenters. The normalized spacial score (nSPS) is 43.4. The number of rotatable bonds is 1. The lowest BCUT2D eigenvalue weighted by Gasteiger charge is -2.40. The van der Waals surface area contributed by atoms with E-state index in [0.29, 0.717) is 11.8 Å². The fourth-order valence-corrected chi connectivity index (χ4v) is 2.73. The molecule has 1 aliphatic rings. The zero-order chi connectivity index (χ0) is 9.35. The van der Waals surface area contributed by atoms with Crippen LogP contribution in [0.3, 0.4) is 0 Å². The molecule has 0 N–H and O–H groups in total. The Balaban J connectivity index is 2.64. The van der Waals surface area contributed by atoms with Crippen LogP contribution in [0, 0.1) is 17.8 Å².